The summed E-state index contributed by atoms with van der Waals surface area (Å²) in [5.74, 6) is 0. The van der Waals surface area contributed by atoms with Gasteiger partial charge in [-0.2, -0.15) is 8.42 Å². The fraction of sp³-hybridized carbons (Fsp3) is 0.818. The topological polar surface area (TPSA) is 77.5 Å². The van der Waals surface area contributed by atoms with Crippen LogP contribution in [0.3, 0.4) is 0 Å². The minimum atomic E-state index is -4.01. The number of hydrogen-bond donors (Lipinski definition) is 1. The van der Waals surface area contributed by atoms with Gasteiger partial charge in [-0.25, -0.2) is 8.42 Å². The van der Waals surface area contributed by atoms with E-state index in [1.807, 2.05) is 6.08 Å². The molecule has 7 heteroatoms. The molecule has 0 aliphatic heterocycles. The van der Waals surface area contributed by atoms with E-state index in [1.165, 1.54) is 26.2 Å². The largest absolute Gasteiger partial charge is 0.284 e. The van der Waals surface area contributed by atoms with E-state index in [-0.39, 0.29) is 6.42 Å². The molecule has 0 aliphatic rings. The maximum atomic E-state index is 11.3. The second-order valence-corrected chi connectivity index (χ2v) is 6.99. The first-order valence-corrected chi connectivity index (χ1v) is 8.69. The summed E-state index contributed by atoms with van der Waals surface area (Å²) in [7, 11) is -7.37. The molecular weight excluding hydrogens is 276 g/mol. The van der Waals surface area contributed by atoms with Gasteiger partial charge in [-0.15, -0.1) is 3.63 Å². The number of thiol groups is 1. The summed E-state index contributed by atoms with van der Waals surface area (Å²) < 4.78 is 46.9. The molecule has 1 unspecified atom stereocenters. The minimum Gasteiger partial charge on any atom is -0.201 e. The van der Waals surface area contributed by atoms with Crippen LogP contribution in [0.2, 0.25) is 0 Å². The van der Waals surface area contributed by atoms with Gasteiger partial charge in [-0.3, -0.25) is 0 Å². The zero-order valence-electron chi connectivity index (χ0n) is 10.9. The molecule has 0 N–H and O–H groups in total. The molecule has 0 heterocycles. The van der Waals surface area contributed by atoms with Crippen molar-refractivity contribution in [1.29, 1.82) is 0 Å². The smallest absolute Gasteiger partial charge is 0.201 e. The highest BCUT2D eigenvalue weighted by Gasteiger charge is 2.21. The summed E-state index contributed by atoms with van der Waals surface area (Å²) in [5, 5.41) is -0.850. The van der Waals surface area contributed by atoms with E-state index >= 15 is 0 Å². The van der Waals surface area contributed by atoms with Gasteiger partial charge in [0, 0.05) is 0 Å². The molecule has 0 aromatic rings. The van der Waals surface area contributed by atoms with E-state index in [9.17, 15) is 16.8 Å². The molecule has 0 amide bonds. The van der Waals surface area contributed by atoms with Gasteiger partial charge in [0.05, 0.1) is 5.25 Å². The van der Waals surface area contributed by atoms with Gasteiger partial charge in [-0.05, 0) is 26.2 Å². The summed E-state index contributed by atoms with van der Waals surface area (Å²) in [5.41, 5.74) is 0. The zero-order valence-corrected chi connectivity index (χ0v) is 12.6. The van der Waals surface area contributed by atoms with Crippen molar-refractivity contribution in [3.05, 3.63) is 12.2 Å². The van der Waals surface area contributed by atoms with Crippen LogP contribution in [0.4, 0.5) is 0 Å². The number of rotatable bonds is 10. The molecule has 0 aromatic heterocycles. The lowest BCUT2D eigenvalue weighted by atomic mass is 10.1. The van der Waals surface area contributed by atoms with E-state index in [0.29, 0.717) is 0 Å². The van der Waals surface area contributed by atoms with Gasteiger partial charge in [0.25, 0.3) is 21.1 Å². The third-order valence-corrected chi connectivity index (χ3v) is 5.01. The van der Waals surface area contributed by atoms with Crippen molar-refractivity contribution in [2.75, 3.05) is 0 Å². The Balaban J connectivity index is 3.95. The Labute approximate surface area is 112 Å². The fourth-order valence-corrected chi connectivity index (χ4v) is 2.98. The van der Waals surface area contributed by atoms with Gasteiger partial charge in [0.1, 0.15) is 0 Å². The second-order valence-electron chi connectivity index (χ2n) is 4.16. The van der Waals surface area contributed by atoms with E-state index in [4.69, 9.17) is 0 Å². The normalized spacial score (nSPS) is 14.4. The van der Waals surface area contributed by atoms with Crippen molar-refractivity contribution >= 4 is 21.1 Å². The third kappa shape index (κ3) is 8.66. The Kier molecular flexibility index (Phi) is 9.31. The molecule has 0 rings (SSSR count). The lowest BCUT2D eigenvalue weighted by Crippen LogP contribution is -2.19. The molecule has 0 fully saturated rings. The molecule has 0 bridgehead atoms. The molecule has 1 atom stereocenters. The maximum absolute atomic E-state index is 11.3. The van der Waals surface area contributed by atoms with Crippen LogP contribution in [0.15, 0.2) is 12.2 Å². The van der Waals surface area contributed by atoms with E-state index in [1.54, 1.807) is 6.08 Å². The van der Waals surface area contributed by atoms with Crippen molar-refractivity contribution in [1.82, 2.24) is 0 Å². The molecule has 18 heavy (non-hydrogen) atoms. The number of unbranched alkanes of at least 4 members (excludes halogenated alkanes) is 4. The predicted octanol–water partition coefficient (Wildman–Crippen LogP) is 2.16. The van der Waals surface area contributed by atoms with Gasteiger partial charge in [0.15, 0.2) is 0 Å². The molecule has 108 valence electrons. The molecule has 0 saturated carbocycles. The van der Waals surface area contributed by atoms with Crippen molar-refractivity contribution in [3.8, 4) is 0 Å². The number of hydrogen-bond acceptors (Lipinski definition) is 5. The molecule has 0 aliphatic carbocycles. The highest BCUT2D eigenvalue weighted by Crippen LogP contribution is 2.10. The monoisotopic (exact) mass is 298 g/mol. The van der Waals surface area contributed by atoms with Crippen molar-refractivity contribution in [3.63, 3.8) is 0 Å². The zero-order chi connectivity index (χ0) is 14.0. The van der Waals surface area contributed by atoms with Crippen LogP contribution in [-0.2, 0) is 24.7 Å². The van der Waals surface area contributed by atoms with Gasteiger partial charge in [-0.1, -0.05) is 38.3 Å². The van der Waals surface area contributed by atoms with Crippen LogP contribution in [-0.4, -0.2) is 22.1 Å². The first kappa shape index (κ1) is 17.6. The van der Waals surface area contributed by atoms with Crippen LogP contribution in [0, 0.1) is 0 Å². The summed E-state index contributed by atoms with van der Waals surface area (Å²) in [4.78, 5) is 0. The minimum absolute atomic E-state index is 0.263. The Morgan fingerprint density at radius 3 is 2.39 bits per heavy atom. The molecule has 0 spiro atoms. The van der Waals surface area contributed by atoms with Crippen LogP contribution in [0.25, 0.3) is 0 Å². The van der Waals surface area contributed by atoms with Crippen molar-refractivity contribution in [2.24, 2.45) is 0 Å². The summed E-state index contributed by atoms with van der Waals surface area (Å²) in [6.07, 6.45) is 9.53. The predicted molar refractivity (Wildman–Crippen MR) is 72.3 cm³/mol. The SMILES string of the molecule is CCCCCCC=CCC(C)S(=O)(=O)O[SH](=O)=O. The standard InChI is InChI=1S/C11H22O5S2/c1-3-4-5-6-7-8-9-10-11(2)18(14,15)16-17(12)13/h8-9,11,17H,3-7,10H2,1-2H3. The Morgan fingerprint density at radius 2 is 1.83 bits per heavy atom. The van der Waals surface area contributed by atoms with Crippen LogP contribution >= 0.6 is 0 Å². The van der Waals surface area contributed by atoms with Crippen LogP contribution in [0.1, 0.15) is 52.4 Å². The van der Waals surface area contributed by atoms with Gasteiger partial charge >= 0.3 is 0 Å². The first-order chi connectivity index (χ1) is 8.40. The lowest BCUT2D eigenvalue weighted by Gasteiger charge is -2.06. The number of allylic oxidation sites excluding steroid dienone is 2. The average molecular weight is 298 g/mol. The second kappa shape index (κ2) is 9.52. The third-order valence-electron chi connectivity index (χ3n) is 2.52. The van der Waals surface area contributed by atoms with E-state index in [2.05, 4.69) is 10.6 Å². The average Bonchev–Trinajstić information content (AvgIpc) is 2.25. The van der Waals surface area contributed by atoms with Gasteiger partial charge < -0.3 is 0 Å². The summed E-state index contributed by atoms with van der Waals surface area (Å²) in [6.45, 7) is 3.57. The molecular formula is C11H22O5S2. The first-order valence-electron chi connectivity index (χ1n) is 6.13. The van der Waals surface area contributed by atoms with Crippen molar-refractivity contribution < 1.29 is 20.5 Å². The van der Waals surface area contributed by atoms with Gasteiger partial charge in [0.2, 0.25) is 0 Å². The molecule has 0 saturated heterocycles. The molecule has 0 radical (unpaired) electrons. The highest BCUT2D eigenvalue weighted by atomic mass is 32.3. The Morgan fingerprint density at radius 1 is 1.17 bits per heavy atom. The summed E-state index contributed by atoms with van der Waals surface area (Å²) in [6, 6.07) is 0. The molecule has 0 aromatic carbocycles. The quantitative estimate of drug-likeness (QED) is 0.380. The maximum Gasteiger partial charge on any atom is 0.284 e. The fourth-order valence-electron chi connectivity index (χ4n) is 1.37. The lowest BCUT2D eigenvalue weighted by molar-refractivity contribution is 0.468. The Bertz CT molecular complexity index is 401. The van der Waals surface area contributed by atoms with Crippen LogP contribution in [0.5, 0.6) is 0 Å². The van der Waals surface area contributed by atoms with Crippen LogP contribution < -0.4 is 0 Å². The molecule has 5 nitrogen and oxygen atoms in total. The summed E-state index contributed by atoms with van der Waals surface area (Å²) >= 11 is 0. The Hall–Kier alpha value is -0.400. The van der Waals surface area contributed by atoms with E-state index < -0.39 is 26.4 Å². The van der Waals surface area contributed by atoms with E-state index in [0.717, 1.165) is 12.8 Å². The van der Waals surface area contributed by atoms with Crippen molar-refractivity contribution in [2.45, 2.75) is 57.6 Å². The highest BCUT2D eigenvalue weighted by molar-refractivity contribution is 7.94.